The summed E-state index contributed by atoms with van der Waals surface area (Å²) in [4.78, 5) is 11.6. The Bertz CT molecular complexity index is 3720. The van der Waals surface area contributed by atoms with E-state index in [1.54, 1.807) is 13.3 Å². The number of alkyl halides is 2. The van der Waals surface area contributed by atoms with Gasteiger partial charge in [-0.25, -0.2) is 8.78 Å². The Morgan fingerprint density at radius 1 is 0.532 bits per heavy atom. The van der Waals surface area contributed by atoms with E-state index in [2.05, 4.69) is 177 Å². The zero-order valence-electron chi connectivity index (χ0n) is 66.3. The molecule has 2 aliphatic rings. The Kier molecular flexibility index (Phi) is 41.3. The van der Waals surface area contributed by atoms with E-state index in [9.17, 15) is 13.9 Å². The largest absolute Gasteiger partial charge is 0.493 e. The van der Waals surface area contributed by atoms with Crippen LogP contribution >= 0.6 is 0 Å². The second kappa shape index (κ2) is 48.9. The number of rotatable bonds is 40. The van der Waals surface area contributed by atoms with Crippen LogP contribution in [0.2, 0.25) is 0 Å². The van der Waals surface area contributed by atoms with E-state index in [-0.39, 0.29) is 38.5 Å². The van der Waals surface area contributed by atoms with Gasteiger partial charge in [0.15, 0.2) is 0 Å². The smallest absolute Gasteiger partial charge is 0.270 e. The van der Waals surface area contributed by atoms with Gasteiger partial charge in [-0.3, -0.25) is 20.4 Å². The molecule has 2 aliphatic heterocycles. The summed E-state index contributed by atoms with van der Waals surface area (Å²) in [6.07, 6.45) is 16.9. The molecule has 0 aliphatic carbocycles. The van der Waals surface area contributed by atoms with Crippen LogP contribution in [0.3, 0.4) is 0 Å². The summed E-state index contributed by atoms with van der Waals surface area (Å²) in [5.41, 5.74) is 14.8. The maximum absolute atomic E-state index is 14.2. The van der Waals surface area contributed by atoms with Crippen LogP contribution in [-0.2, 0) is 56.5 Å². The Morgan fingerprint density at radius 3 is 1.41 bits per heavy atom. The van der Waals surface area contributed by atoms with Crippen LogP contribution in [0.1, 0.15) is 168 Å². The fraction of sp³-hybridized carbons (Fsp3) is 0.576. The second-order valence-corrected chi connectivity index (χ2v) is 28.9. The zero-order valence-corrected chi connectivity index (χ0v) is 66.3. The van der Waals surface area contributed by atoms with Gasteiger partial charge in [-0.2, -0.15) is 20.4 Å². The summed E-state index contributed by atoms with van der Waals surface area (Å²) in [5, 5.41) is 47.5. The Hall–Kier alpha value is -7.62. The molecule has 10 rings (SSSR count). The lowest BCUT2D eigenvalue weighted by molar-refractivity contribution is 0.0149. The van der Waals surface area contributed by atoms with E-state index in [0.717, 1.165) is 162 Å². The number of unbranched alkanes of at least 4 members (excludes halogenated alkanes) is 3. The Balaban J connectivity index is 0.000000260. The summed E-state index contributed by atoms with van der Waals surface area (Å²) in [5.74, 6) is -0.910. The molecule has 6 N–H and O–H groups in total. The second-order valence-electron chi connectivity index (χ2n) is 28.9. The molecule has 4 aromatic carbocycles. The lowest BCUT2D eigenvalue weighted by Gasteiger charge is -2.28. The minimum absolute atomic E-state index is 0. The molecule has 0 saturated carbocycles. The predicted molar refractivity (Wildman–Crippen MR) is 437 cm³/mol. The number of nitrogens with zero attached hydrogens (tertiary/aromatic N) is 9. The van der Waals surface area contributed by atoms with Gasteiger partial charge in [0.2, 0.25) is 0 Å². The molecule has 2 saturated heterocycles. The molecule has 606 valence electrons. The highest BCUT2D eigenvalue weighted by atomic mass is 19.3. The van der Waals surface area contributed by atoms with Gasteiger partial charge in [0.25, 0.3) is 5.92 Å². The van der Waals surface area contributed by atoms with Crippen molar-refractivity contribution in [2.45, 2.75) is 184 Å². The van der Waals surface area contributed by atoms with Crippen molar-refractivity contribution >= 4 is 5.69 Å². The third kappa shape index (κ3) is 30.9. The van der Waals surface area contributed by atoms with Gasteiger partial charge >= 0.3 is 0 Å². The van der Waals surface area contributed by atoms with Crippen molar-refractivity contribution in [2.75, 3.05) is 146 Å². The third-order valence-electron chi connectivity index (χ3n) is 18.9. The quantitative estimate of drug-likeness (QED) is 0.0196. The molecule has 1 atom stereocenters. The highest BCUT2D eigenvalue weighted by Crippen LogP contribution is 2.38. The summed E-state index contributed by atoms with van der Waals surface area (Å²) in [6, 6.07) is 27.8. The fourth-order valence-electron chi connectivity index (χ4n) is 12.6. The van der Waals surface area contributed by atoms with E-state index in [1.165, 1.54) is 71.3 Å². The number of hydrogen-bond donors (Lipinski definition) is 6. The first-order valence-corrected chi connectivity index (χ1v) is 38.6. The van der Waals surface area contributed by atoms with Crippen LogP contribution in [-0.4, -0.2) is 223 Å². The number of benzene rings is 4. The summed E-state index contributed by atoms with van der Waals surface area (Å²) < 4.78 is 67.6. The topological polar surface area (TPSA) is 236 Å². The van der Waals surface area contributed by atoms with Crippen molar-refractivity contribution in [3.05, 3.63) is 143 Å². The number of aliphatic hydroxyl groups is 2. The number of anilines is 1. The molecule has 22 nitrogen and oxygen atoms in total. The maximum atomic E-state index is 14.2. The van der Waals surface area contributed by atoms with Crippen LogP contribution in [0.5, 0.6) is 17.2 Å². The predicted octanol–water partition coefficient (Wildman–Crippen LogP) is 16.1. The Labute approximate surface area is 650 Å². The van der Waals surface area contributed by atoms with Gasteiger partial charge in [-0.1, -0.05) is 87.8 Å². The average Bonchev–Trinajstić information content (AvgIpc) is 1.80. The van der Waals surface area contributed by atoms with Crippen LogP contribution in [0.15, 0.2) is 110 Å². The summed E-state index contributed by atoms with van der Waals surface area (Å²) in [7, 11) is 10.2. The molecule has 109 heavy (non-hydrogen) atoms. The van der Waals surface area contributed by atoms with E-state index in [0.29, 0.717) is 70.5 Å². The molecule has 1 unspecified atom stereocenters. The fourth-order valence-corrected chi connectivity index (χ4v) is 12.6. The summed E-state index contributed by atoms with van der Waals surface area (Å²) >= 11 is 0. The molecule has 24 heteroatoms. The van der Waals surface area contributed by atoms with Crippen molar-refractivity contribution in [1.82, 2.24) is 60.4 Å². The normalized spacial score (nSPS) is 13.6. The van der Waals surface area contributed by atoms with Gasteiger partial charge in [0, 0.05) is 140 Å². The van der Waals surface area contributed by atoms with E-state index < -0.39 is 12.0 Å². The lowest BCUT2D eigenvalue weighted by Crippen LogP contribution is -2.36. The third-order valence-corrected chi connectivity index (χ3v) is 18.9. The van der Waals surface area contributed by atoms with Gasteiger partial charge in [-0.15, -0.1) is 0 Å². The Morgan fingerprint density at radius 2 is 0.963 bits per heavy atom. The van der Waals surface area contributed by atoms with E-state index in [4.69, 9.17) is 38.3 Å². The first-order valence-electron chi connectivity index (χ1n) is 38.6. The minimum atomic E-state index is -2.96. The highest BCUT2D eigenvalue weighted by Gasteiger charge is 2.29. The van der Waals surface area contributed by atoms with Crippen molar-refractivity contribution in [3.8, 4) is 62.3 Å². The van der Waals surface area contributed by atoms with E-state index >= 15 is 0 Å². The highest BCUT2D eigenvalue weighted by molar-refractivity contribution is 5.69. The number of aromatic nitrogens is 8. The van der Waals surface area contributed by atoms with Gasteiger partial charge in [0.05, 0.1) is 107 Å². The molecular weight excluding hydrogens is 1390 g/mol. The minimum Gasteiger partial charge on any atom is -0.493 e. The van der Waals surface area contributed by atoms with Crippen LogP contribution in [0.25, 0.3) is 45.0 Å². The molecule has 8 aromatic rings. The number of ether oxygens (including phenoxy) is 7. The SMILES string of the molecule is C.C.CCCCN(C)Cc1cn[nH]c1-c1cc(OC2CCOCC2)cc(C(C)(F)F)c1.CCCCN(C)Cc1cn[nH]c1-c1cc(OCCOC)cc(C(C)(C)COCC)c1.CCCCN(C)Cc1cn[nH]c1-c1ccc(OCCC(O)CO)cc1.CCCN(C)Cc1cn[nH]c1-c1ccc(N2CCOCC2)cc1. The number of hydrogen-bond acceptors (Lipinski definition) is 18. The molecule has 4 aromatic heterocycles. The molecule has 6 heterocycles. The molecule has 0 amide bonds. The van der Waals surface area contributed by atoms with E-state index in [1.807, 2.05) is 55.8 Å². The maximum Gasteiger partial charge on any atom is 0.270 e. The molecule has 0 radical (unpaired) electrons. The first-order chi connectivity index (χ1) is 51.7. The first kappa shape index (κ1) is 92.0. The number of H-pyrrole nitrogens is 4. The number of aromatic amines is 4. The summed E-state index contributed by atoms with van der Waals surface area (Å²) in [6.45, 7) is 31.1. The molecule has 0 spiro atoms. The van der Waals surface area contributed by atoms with Crippen molar-refractivity contribution in [1.29, 1.82) is 0 Å². The standard InChI is InChI=1S/C24H39N3O3.C22H31F2N3O2.C19H29N3O3.C18H26N4O.2CH4/c1-7-9-10-27(5)17-20-16-25-26-23(20)19-13-21(24(3,4)18-29-8-2)15-22(14-19)30-12-11-28-6;1-4-5-8-27(3)15-17-14-25-26-21(17)16-11-18(22(2,23)24)13-20(12-16)29-19-6-9-28-10-7-19;1-3-4-10-22(2)13-16-12-20-21-19(16)15-5-7-18(8-6-15)25-11-9-17(24)14-23;1-3-8-21(2)14-16-13-19-20-18(16)15-4-6-17(7-5-15)22-9-11-23-12-10-22;;/h13-16H,7-12,17-18H2,1-6H3,(H,25,26);11-14,19H,4-10,15H2,1-3H3,(H,25,26);5-8,12,17,23-24H,3-4,9-11,13-14H2,1-2H3,(H,20,21);4-7,13H,3,8-12,14H2,1-2H3,(H,19,20);2*1H4. The monoisotopic (exact) mass is 1520 g/mol. The zero-order chi connectivity index (χ0) is 77.0. The number of halogens is 2. The van der Waals surface area contributed by atoms with Crippen molar-refractivity contribution < 1.29 is 52.2 Å². The van der Waals surface area contributed by atoms with Crippen molar-refractivity contribution in [3.63, 3.8) is 0 Å². The number of nitrogens with one attached hydrogen (secondary N) is 4. The number of methoxy groups -OCH3 is 1. The number of aliphatic hydroxyl groups excluding tert-OH is 2. The molecular formula is C85H133F2N13O9. The van der Waals surface area contributed by atoms with Gasteiger partial charge < -0.3 is 67.9 Å². The van der Waals surface area contributed by atoms with Crippen LogP contribution < -0.4 is 19.1 Å². The molecule has 2 fully saturated rings. The lowest BCUT2D eigenvalue weighted by atomic mass is 9.84. The number of morpholine rings is 1. The molecule has 0 bridgehead atoms. The van der Waals surface area contributed by atoms with Crippen LogP contribution in [0, 0.1) is 0 Å². The average molecular weight is 1520 g/mol. The van der Waals surface area contributed by atoms with Gasteiger partial charge in [-0.05, 0) is 165 Å². The van der Waals surface area contributed by atoms with Crippen molar-refractivity contribution in [2.24, 2.45) is 0 Å². The van der Waals surface area contributed by atoms with Crippen LogP contribution in [0.4, 0.5) is 14.5 Å². The van der Waals surface area contributed by atoms with Gasteiger partial charge in [0.1, 0.15) is 30.0 Å².